The van der Waals surface area contributed by atoms with Crippen molar-refractivity contribution in [1.29, 1.82) is 0 Å². The van der Waals surface area contributed by atoms with Gasteiger partial charge in [-0.1, -0.05) is 60.7 Å². The lowest BCUT2D eigenvalue weighted by atomic mass is 10.2. The van der Waals surface area contributed by atoms with Gasteiger partial charge in [0.15, 0.2) is 12.4 Å². The van der Waals surface area contributed by atoms with E-state index in [1.807, 2.05) is 69.2 Å². The van der Waals surface area contributed by atoms with Crippen molar-refractivity contribution in [1.82, 2.24) is 19.8 Å². The number of nitrogens with zero attached hydrogens (tertiary/aromatic N) is 6. The summed E-state index contributed by atoms with van der Waals surface area (Å²) < 4.78 is 7.71. The minimum atomic E-state index is 0.747. The topological polar surface area (TPSA) is 43.4 Å². The highest BCUT2D eigenvalue weighted by molar-refractivity contribution is 5.49. The molecule has 0 N–H and O–H groups in total. The van der Waals surface area contributed by atoms with E-state index in [0.29, 0.717) is 0 Å². The first-order valence-corrected chi connectivity index (χ1v) is 8.65. The van der Waals surface area contributed by atoms with Crippen LogP contribution in [0, 0.1) is 0 Å². The molecule has 4 aromatic rings. The van der Waals surface area contributed by atoms with Gasteiger partial charge >= 0.3 is 0 Å². The van der Waals surface area contributed by atoms with Gasteiger partial charge in [0.1, 0.15) is 27.2 Å². The van der Waals surface area contributed by atoms with Crippen molar-refractivity contribution in [3.05, 3.63) is 84.2 Å². The van der Waals surface area contributed by atoms with E-state index in [-0.39, 0.29) is 0 Å². The molecule has 2 aromatic heterocycles. The van der Waals surface area contributed by atoms with Gasteiger partial charge in [-0.25, -0.2) is 0 Å². The van der Waals surface area contributed by atoms with E-state index in [2.05, 4.69) is 47.1 Å². The van der Waals surface area contributed by atoms with Gasteiger partial charge in [0.25, 0.3) is 0 Å². The predicted molar refractivity (Wildman–Crippen MR) is 96.9 cm³/mol. The van der Waals surface area contributed by atoms with Crippen LogP contribution in [0.2, 0.25) is 0 Å². The monoisotopic (exact) mass is 346 g/mol. The lowest BCUT2D eigenvalue weighted by molar-refractivity contribution is -0.747. The quantitative estimate of drug-likeness (QED) is 0.514. The van der Waals surface area contributed by atoms with Crippen molar-refractivity contribution in [2.75, 3.05) is 0 Å². The molecule has 0 aliphatic carbocycles. The molecule has 0 saturated heterocycles. The fourth-order valence-corrected chi connectivity index (χ4v) is 3.10. The maximum absolute atomic E-state index is 4.60. The summed E-state index contributed by atoms with van der Waals surface area (Å²) in [5.74, 6) is 0. The summed E-state index contributed by atoms with van der Waals surface area (Å²) in [4.78, 5) is 0. The molecule has 4 rings (SSSR count). The highest BCUT2D eigenvalue weighted by Gasteiger charge is 2.24. The third-order valence-corrected chi connectivity index (χ3v) is 4.38. The van der Waals surface area contributed by atoms with Gasteiger partial charge < -0.3 is 0 Å². The first kappa shape index (κ1) is 16.2. The summed E-state index contributed by atoms with van der Waals surface area (Å²) in [5, 5.41) is 9.20. The molecule has 0 atom stereocenters. The minimum absolute atomic E-state index is 0.747. The molecule has 6 heteroatoms. The molecule has 0 aliphatic rings. The molecule has 0 amide bonds. The van der Waals surface area contributed by atoms with Gasteiger partial charge in [0, 0.05) is 0 Å². The molecule has 0 radical (unpaired) electrons. The van der Waals surface area contributed by atoms with Gasteiger partial charge in [0.2, 0.25) is 11.4 Å². The zero-order valence-electron chi connectivity index (χ0n) is 15.0. The molecule has 0 spiro atoms. The first-order chi connectivity index (χ1) is 12.7. The van der Waals surface area contributed by atoms with Gasteiger partial charge in [-0.2, -0.15) is 0 Å². The van der Waals surface area contributed by atoms with Crippen LogP contribution >= 0.6 is 0 Å². The number of hydrogen-bond acceptors (Lipinski definition) is 2. The van der Waals surface area contributed by atoms with Crippen LogP contribution in [-0.4, -0.2) is 19.8 Å². The van der Waals surface area contributed by atoms with Crippen LogP contribution < -0.4 is 9.36 Å². The molecule has 0 saturated carbocycles. The van der Waals surface area contributed by atoms with Gasteiger partial charge in [-0.15, -0.1) is 18.7 Å². The Labute approximate surface area is 152 Å². The zero-order chi connectivity index (χ0) is 17.9. The second-order valence-electron chi connectivity index (χ2n) is 6.42. The van der Waals surface area contributed by atoms with Gasteiger partial charge in [-0.3, -0.25) is 0 Å². The standard InChI is InChI=1S/C20H22N6/c1-23-19(15-25(21-23)13-17-9-5-3-6-10-17)20-16-26(22-24(20)2)14-18-11-7-4-8-12-18/h3-12,15-16H,13-14H2,1-2H3/q+2. The summed E-state index contributed by atoms with van der Waals surface area (Å²) in [6, 6.07) is 20.7. The Kier molecular flexibility index (Phi) is 4.31. The van der Waals surface area contributed by atoms with Crippen LogP contribution in [0.25, 0.3) is 11.4 Å². The lowest BCUT2D eigenvalue weighted by Crippen LogP contribution is -2.36. The lowest BCUT2D eigenvalue weighted by Gasteiger charge is -1.93. The Morgan fingerprint density at radius 3 is 1.42 bits per heavy atom. The normalized spacial score (nSPS) is 11.0. The second-order valence-corrected chi connectivity index (χ2v) is 6.42. The molecule has 26 heavy (non-hydrogen) atoms. The number of aromatic nitrogens is 6. The van der Waals surface area contributed by atoms with Crippen molar-refractivity contribution in [2.24, 2.45) is 14.1 Å². The smallest absolute Gasteiger partial charge is 0.132 e. The van der Waals surface area contributed by atoms with Crippen molar-refractivity contribution in [3.8, 4) is 11.4 Å². The minimum Gasteiger partial charge on any atom is -0.132 e. The van der Waals surface area contributed by atoms with Crippen molar-refractivity contribution < 1.29 is 9.36 Å². The van der Waals surface area contributed by atoms with E-state index in [1.165, 1.54) is 11.1 Å². The molecule has 0 bridgehead atoms. The predicted octanol–water partition coefficient (Wildman–Crippen LogP) is 1.49. The fourth-order valence-electron chi connectivity index (χ4n) is 3.10. The zero-order valence-corrected chi connectivity index (χ0v) is 15.0. The Morgan fingerprint density at radius 1 is 0.654 bits per heavy atom. The third kappa shape index (κ3) is 3.39. The summed E-state index contributed by atoms with van der Waals surface area (Å²) in [6.07, 6.45) is 4.13. The molecular formula is C20H22N6+2. The Hall–Kier alpha value is -3.28. The average Bonchev–Trinajstić information content (AvgIpc) is 3.18. The Bertz CT molecular complexity index is 918. The molecule has 0 fully saturated rings. The largest absolute Gasteiger partial charge is 0.242 e. The number of aryl methyl sites for hydroxylation is 2. The van der Waals surface area contributed by atoms with Crippen molar-refractivity contribution >= 4 is 0 Å². The molecule has 2 aromatic carbocycles. The Balaban J connectivity index is 1.59. The van der Waals surface area contributed by atoms with Crippen LogP contribution in [0.5, 0.6) is 0 Å². The van der Waals surface area contributed by atoms with Crippen LogP contribution in [0.3, 0.4) is 0 Å². The maximum Gasteiger partial charge on any atom is 0.242 e. The summed E-state index contributed by atoms with van der Waals surface area (Å²) in [6.45, 7) is 1.49. The number of benzene rings is 2. The van der Waals surface area contributed by atoms with E-state index in [4.69, 9.17) is 0 Å². The van der Waals surface area contributed by atoms with Crippen molar-refractivity contribution in [3.63, 3.8) is 0 Å². The molecule has 0 aliphatic heterocycles. The van der Waals surface area contributed by atoms with E-state index < -0.39 is 0 Å². The summed E-state index contributed by atoms with van der Waals surface area (Å²) in [5.41, 5.74) is 4.52. The SMILES string of the molecule is Cn1n[n+](Cc2ccccc2)cc1-c1c[n+](Cc2ccccc2)nn1C. The van der Waals surface area contributed by atoms with E-state index in [9.17, 15) is 0 Å². The van der Waals surface area contributed by atoms with Crippen LogP contribution in [-0.2, 0) is 27.2 Å². The van der Waals surface area contributed by atoms with Gasteiger partial charge in [0.05, 0.1) is 10.4 Å². The molecule has 130 valence electrons. The van der Waals surface area contributed by atoms with Crippen LogP contribution in [0.1, 0.15) is 11.1 Å². The van der Waals surface area contributed by atoms with Crippen molar-refractivity contribution in [2.45, 2.75) is 13.1 Å². The molecule has 0 unspecified atom stereocenters. The molecule has 2 heterocycles. The van der Waals surface area contributed by atoms with E-state index >= 15 is 0 Å². The first-order valence-electron chi connectivity index (χ1n) is 8.65. The van der Waals surface area contributed by atoms with Crippen LogP contribution in [0.15, 0.2) is 73.1 Å². The number of rotatable bonds is 5. The molecular weight excluding hydrogens is 324 g/mol. The Morgan fingerprint density at radius 2 is 1.04 bits per heavy atom. The van der Waals surface area contributed by atoms with E-state index in [1.54, 1.807) is 0 Å². The van der Waals surface area contributed by atoms with E-state index in [0.717, 1.165) is 24.5 Å². The maximum atomic E-state index is 4.60. The molecule has 6 nitrogen and oxygen atoms in total. The highest BCUT2D eigenvalue weighted by atomic mass is 15.5. The van der Waals surface area contributed by atoms with Crippen LogP contribution in [0.4, 0.5) is 0 Å². The summed E-state index contributed by atoms with van der Waals surface area (Å²) in [7, 11) is 3.93. The average molecular weight is 346 g/mol. The third-order valence-electron chi connectivity index (χ3n) is 4.38. The second kappa shape index (κ2) is 6.92. The highest BCUT2D eigenvalue weighted by Crippen LogP contribution is 2.13. The summed E-state index contributed by atoms with van der Waals surface area (Å²) >= 11 is 0. The van der Waals surface area contributed by atoms with Gasteiger partial charge in [-0.05, 0) is 11.1 Å². The number of hydrogen-bond donors (Lipinski definition) is 0. The fraction of sp³-hybridized carbons (Fsp3) is 0.200.